The highest BCUT2D eigenvalue weighted by Gasteiger charge is 2.32. The summed E-state index contributed by atoms with van der Waals surface area (Å²) in [5.41, 5.74) is 6.44. The Morgan fingerprint density at radius 2 is 1.95 bits per heavy atom. The van der Waals surface area contributed by atoms with Crippen molar-refractivity contribution in [3.63, 3.8) is 0 Å². The Labute approximate surface area is 120 Å². The van der Waals surface area contributed by atoms with Crippen LogP contribution in [0.4, 0.5) is 5.69 Å². The van der Waals surface area contributed by atoms with E-state index in [1.165, 1.54) is 6.26 Å². The Hall–Kier alpha value is -1.11. The lowest BCUT2D eigenvalue weighted by atomic mass is 10.0. The number of benzene rings is 1. The maximum absolute atomic E-state index is 11.5. The minimum atomic E-state index is -3.15. The van der Waals surface area contributed by atoms with Gasteiger partial charge >= 0.3 is 0 Å². The SMILES string of the molecule is CC1(C)CN(c2ccc(S(C)(=O)=O)cc2)CC(CN)O1. The number of anilines is 1. The van der Waals surface area contributed by atoms with Gasteiger partial charge in [-0.2, -0.15) is 0 Å². The minimum absolute atomic E-state index is 0.00617. The second-order valence-electron chi connectivity index (χ2n) is 5.88. The summed E-state index contributed by atoms with van der Waals surface area (Å²) in [4.78, 5) is 2.52. The molecule has 1 atom stereocenters. The number of hydrogen-bond acceptors (Lipinski definition) is 5. The Bertz CT molecular complexity index is 567. The average Bonchev–Trinajstić information content (AvgIpc) is 2.36. The van der Waals surface area contributed by atoms with E-state index in [0.29, 0.717) is 11.4 Å². The number of sulfone groups is 1. The third kappa shape index (κ3) is 3.50. The van der Waals surface area contributed by atoms with Crippen molar-refractivity contribution < 1.29 is 13.2 Å². The molecule has 0 aromatic heterocycles. The highest BCUT2D eigenvalue weighted by atomic mass is 32.2. The van der Waals surface area contributed by atoms with Crippen molar-refractivity contribution in [2.24, 2.45) is 5.73 Å². The Morgan fingerprint density at radius 1 is 1.35 bits per heavy atom. The van der Waals surface area contributed by atoms with E-state index in [0.717, 1.165) is 18.8 Å². The number of hydrogen-bond donors (Lipinski definition) is 1. The van der Waals surface area contributed by atoms with Crippen LogP contribution in [0.1, 0.15) is 13.8 Å². The standard InChI is InChI=1S/C14H22N2O3S/c1-14(2)10-16(9-12(8-15)19-14)11-4-6-13(7-5-11)20(3,17)18/h4-7,12H,8-10,15H2,1-3H3. The molecule has 1 aliphatic heterocycles. The van der Waals surface area contributed by atoms with E-state index >= 15 is 0 Å². The lowest BCUT2D eigenvalue weighted by Gasteiger charge is -2.43. The molecule has 5 nitrogen and oxygen atoms in total. The molecule has 2 N–H and O–H groups in total. The van der Waals surface area contributed by atoms with E-state index in [4.69, 9.17) is 10.5 Å². The lowest BCUT2D eigenvalue weighted by molar-refractivity contribution is -0.0788. The lowest BCUT2D eigenvalue weighted by Crippen LogP contribution is -2.54. The molecule has 0 spiro atoms. The van der Waals surface area contributed by atoms with E-state index in [-0.39, 0.29) is 11.7 Å². The highest BCUT2D eigenvalue weighted by Crippen LogP contribution is 2.26. The molecule has 1 fully saturated rings. The van der Waals surface area contributed by atoms with Gasteiger partial charge < -0.3 is 15.4 Å². The summed E-state index contributed by atoms with van der Waals surface area (Å²) in [6, 6.07) is 6.96. The van der Waals surface area contributed by atoms with Gasteiger partial charge in [-0.05, 0) is 38.1 Å². The zero-order chi connectivity index (χ0) is 15.0. The van der Waals surface area contributed by atoms with Crippen LogP contribution < -0.4 is 10.6 Å². The molecule has 0 saturated carbocycles. The number of nitrogens with zero attached hydrogens (tertiary/aromatic N) is 1. The zero-order valence-electron chi connectivity index (χ0n) is 12.2. The molecule has 0 bridgehead atoms. The monoisotopic (exact) mass is 298 g/mol. The molecular weight excluding hydrogens is 276 g/mol. The molecule has 1 aromatic rings. The van der Waals surface area contributed by atoms with Crippen molar-refractivity contribution in [2.75, 3.05) is 30.8 Å². The average molecular weight is 298 g/mol. The van der Waals surface area contributed by atoms with Crippen molar-refractivity contribution in [1.29, 1.82) is 0 Å². The van der Waals surface area contributed by atoms with Crippen molar-refractivity contribution >= 4 is 15.5 Å². The Balaban J connectivity index is 2.22. The van der Waals surface area contributed by atoms with Gasteiger partial charge in [-0.1, -0.05) is 0 Å². The van der Waals surface area contributed by atoms with Gasteiger partial charge in [0, 0.05) is 31.6 Å². The molecule has 1 aliphatic rings. The summed E-state index contributed by atoms with van der Waals surface area (Å²) in [6.07, 6.45) is 1.21. The van der Waals surface area contributed by atoms with Crippen LogP contribution >= 0.6 is 0 Å². The third-order valence-electron chi connectivity index (χ3n) is 3.37. The topological polar surface area (TPSA) is 72.6 Å². The molecule has 1 unspecified atom stereocenters. The fourth-order valence-electron chi connectivity index (χ4n) is 2.52. The van der Waals surface area contributed by atoms with E-state index in [1.54, 1.807) is 12.1 Å². The van der Waals surface area contributed by atoms with Gasteiger partial charge in [-0.3, -0.25) is 0 Å². The van der Waals surface area contributed by atoms with Gasteiger partial charge in [0.15, 0.2) is 9.84 Å². The molecule has 1 aromatic carbocycles. The van der Waals surface area contributed by atoms with Gasteiger partial charge in [0.2, 0.25) is 0 Å². The molecule has 1 saturated heterocycles. The molecule has 0 aliphatic carbocycles. The second-order valence-corrected chi connectivity index (χ2v) is 7.90. The Morgan fingerprint density at radius 3 is 2.45 bits per heavy atom. The maximum Gasteiger partial charge on any atom is 0.175 e. The fraction of sp³-hybridized carbons (Fsp3) is 0.571. The molecule has 2 rings (SSSR count). The molecule has 1 heterocycles. The van der Waals surface area contributed by atoms with Gasteiger partial charge in [0.1, 0.15) is 0 Å². The summed E-state index contributed by atoms with van der Waals surface area (Å²) >= 11 is 0. The van der Waals surface area contributed by atoms with E-state index in [2.05, 4.69) is 4.90 Å². The van der Waals surface area contributed by atoms with Gasteiger partial charge in [-0.15, -0.1) is 0 Å². The first kappa shape index (κ1) is 15.3. The van der Waals surface area contributed by atoms with Crippen LogP contribution in [0.5, 0.6) is 0 Å². The van der Waals surface area contributed by atoms with Crippen molar-refractivity contribution in [3.8, 4) is 0 Å². The smallest absolute Gasteiger partial charge is 0.175 e. The second kappa shape index (κ2) is 5.35. The van der Waals surface area contributed by atoms with Crippen LogP contribution in [-0.4, -0.2) is 46.0 Å². The van der Waals surface area contributed by atoms with E-state index in [1.807, 2.05) is 26.0 Å². The fourth-order valence-corrected chi connectivity index (χ4v) is 3.15. The highest BCUT2D eigenvalue weighted by molar-refractivity contribution is 7.90. The van der Waals surface area contributed by atoms with Crippen LogP contribution in [0.15, 0.2) is 29.2 Å². The van der Waals surface area contributed by atoms with Crippen molar-refractivity contribution in [2.45, 2.75) is 30.4 Å². The normalized spacial score (nSPS) is 22.8. The van der Waals surface area contributed by atoms with Crippen molar-refractivity contribution in [1.82, 2.24) is 0 Å². The van der Waals surface area contributed by atoms with Crippen LogP contribution in [-0.2, 0) is 14.6 Å². The quantitative estimate of drug-likeness (QED) is 0.902. The van der Waals surface area contributed by atoms with Crippen LogP contribution in [0, 0.1) is 0 Å². The summed E-state index contributed by atoms with van der Waals surface area (Å²) in [6.45, 7) is 6.01. The number of morpholine rings is 1. The number of rotatable bonds is 3. The largest absolute Gasteiger partial charge is 0.367 e. The van der Waals surface area contributed by atoms with Crippen molar-refractivity contribution in [3.05, 3.63) is 24.3 Å². The molecule has 0 radical (unpaired) electrons. The summed E-state index contributed by atoms with van der Waals surface area (Å²) in [7, 11) is -3.15. The van der Waals surface area contributed by atoms with Crippen LogP contribution in [0.3, 0.4) is 0 Å². The van der Waals surface area contributed by atoms with Gasteiger partial charge in [0.05, 0.1) is 16.6 Å². The predicted octanol–water partition coefficient (Wildman–Crippen LogP) is 1.03. The van der Waals surface area contributed by atoms with E-state index in [9.17, 15) is 8.42 Å². The van der Waals surface area contributed by atoms with Gasteiger partial charge in [-0.25, -0.2) is 8.42 Å². The maximum atomic E-state index is 11.5. The zero-order valence-corrected chi connectivity index (χ0v) is 13.0. The molecule has 112 valence electrons. The first-order chi connectivity index (χ1) is 9.21. The van der Waals surface area contributed by atoms with Crippen LogP contribution in [0.25, 0.3) is 0 Å². The predicted molar refractivity (Wildman–Crippen MR) is 79.8 cm³/mol. The molecular formula is C14H22N2O3S. The number of nitrogens with two attached hydrogens (primary N) is 1. The molecule has 20 heavy (non-hydrogen) atoms. The Kier molecular flexibility index (Phi) is 4.09. The first-order valence-corrected chi connectivity index (χ1v) is 8.53. The summed E-state index contributed by atoms with van der Waals surface area (Å²) in [5, 5.41) is 0. The molecule has 6 heteroatoms. The minimum Gasteiger partial charge on any atom is -0.367 e. The molecule has 0 amide bonds. The van der Waals surface area contributed by atoms with E-state index < -0.39 is 9.84 Å². The van der Waals surface area contributed by atoms with Crippen LogP contribution in [0.2, 0.25) is 0 Å². The third-order valence-corrected chi connectivity index (χ3v) is 4.50. The first-order valence-electron chi connectivity index (χ1n) is 6.64. The van der Waals surface area contributed by atoms with Gasteiger partial charge in [0.25, 0.3) is 0 Å². The number of ether oxygens (including phenoxy) is 1. The summed E-state index contributed by atoms with van der Waals surface area (Å²) < 4.78 is 28.8. The summed E-state index contributed by atoms with van der Waals surface area (Å²) in [5.74, 6) is 0.